The number of aromatic nitrogens is 2. The number of nitrogens with two attached hydrogens (primary N) is 1. The molecule has 0 bridgehead atoms. The average molecular weight is 290 g/mol. The Morgan fingerprint density at radius 1 is 1.32 bits per heavy atom. The van der Waals surface area contributed by atoms with Crippen molar-refractivity contribution in [1.82, 2.24) is 9.55 Å². The van der Waals surface area contributed by atoms with E-state index in [1.165, 1.54) is 0 Å². The van der Waals surface area contributed by atoms with Gasteiger partial charge in [0.2, 0.25) is 0 Å². The van der Waals surface area contributed by atoms with E-state index in [0.29, 0.717) is 6.54 Å². The summed E-state index contributed by atoms with van der Waals surface area (Å²) in [5.41, 5.74) is 7.52. The van der Waals surface area contributed by atoms with E-state index in [2.05, 4.69) is 15.6 Å². The lowest BCUT2D eigenvalue weighted by Crippen LogP contribution is -2.01. The molecule has 2 N–H and O–H groups in total. The van der Waals surface area contributed by atoms with Crippen molar-refractivity contribution in [3.05, 3.63) is 58.7 Å². The highest BCUT2D eigenvalue weighted by atomic mass is 35.5. The van der Waals surface area contributed by atoms with Crippen LogP contribution in [0.5, 0.6) is 0 Å². The van der Waals surface area contributed by atoms with E-state index in [-0.39, 0.29) is 0 Å². The van der Waals surface area contributed by atoms with Gasteiger partial charge in [0, 0.05) is 23.1 Å². The summed E-state index contributed by atoms with van der Waals surface area (Å²) in [6, 6.07) is 9.62. The van der Waals surface area contributed by atoms with Crippen molar-refractivity contribution in [2.24, 2.45) is 0 Å². The predicted octanol–water partition coefficient (Wildman–Crippen LogP) is 3.90. The molecule has 0 saturated heterocycles. The SMILES string of the molecule is Nc1ccc(Cl)c(Cn2ccnc2-c2cccs2)c1. The molecule has 96 valence electrons. The van der Waals surface area contributed by atoms with Crippen molar-refractivity contribution in [2.45, 2.75) is 6.54 Å². The molecule has 0 aliphatic heterocycles. The molecule has 0 radical (unpaired) electrons. The fraction of sp³-hybridized carbons (Fsp3) is 0.0714. The molecular weight excluding hydrogens is 278 g/mol. The van der Waals surface area contributed by atoms with Gasteiger partial charge >= 0.3 is 0 Å². The quantitative estimate of drug-likeness (QED) is 0.743. The average Bonchev–Trinajstić information content (AvgIpc) is 3.03. The molecule has 0 aliphatic carbocycles. The lowest BCUT2D eigenvalue weighted by Gasteiger charge is -2.09. The third-order valence-electron chi connectivity index (χ3n) is 2.87. The number of rotatable bonds is 3. The number of benzene rings is 1. The molecule has 3 nitrogen and oxygen atoms in total. The van der Waals surface area contributed by atoms with E-state index >= 15 is 0 Å². The summed E-state index contributed by atoms with van der Waals surface area (Å²) in [5, 5.41) is 2.77. The molecular formula is C14H12ClN3S. The normalized spacial score (nSPS) is 10.8. The van der Waals surface area contributed by atoms with Gasteiger partial charge in [-0.05, 0) is 35.2 Å². The first-order valence-electron chi connectivity index (χ1n) is 5.83. The first kappa shape index (κ1) is 12.3. The summed E-state index contributed by atoms with van der Waals surface area (Å²) in [4.78, 5) is 5.55. The predicted molar refractivity (Wildman–Crippen MR) is 80.5 cm³/mol. The second-order valence-corrected chi connectivity index (χ2v) is 5.56. The van der Waals surface area contributed by atoms with Crippen molar-refractivity contribution < 1.29 is 0 Å². The number of nitrogen functional groups attached to an aromatic ring is 1. The Hall–Kier alpha value is -1.78. The monoisotopic (exact) mass is 289 g/mol. The Bertz CT molecular complexity index is 689. The molecule has 1 aromatic carbocycles. The van der Waals surface area contributed by atoms with Crippen LogP contribution in [0.4, 0.5) is 5.69 Å². The van der Waals surface area contributed by atoms with E-state index in [1.54, 1.807) is 23.6 Å². The molecule has 2 aromatic heterocycles. The maximum absolute atomic E-state index is 6.20. The Morgan fingerprint density at radius 2 is 2.21 bits per heavy atom. The van der Waals surface area contributed by atoms with Crippen LogP contribution in [-0.2, 0) is 6.54 Å². The zero-order valence-electron chi connectivity index (χ0n) is 10.1. The highest BCUT2D eigenvalue weighted by molar-refractivity contribution is 7.13. The topological polar surface area (TPSA) is 43.8 Å². The van der Waals surface area contributed by atoms with Crippen molar-refractivity contribution in [1.29, 1.82) is 0 Å². The summed E-state index contributed by atoms with van der Waals surface area (Å²) >= 11 is 7.88. The molecule has 0 atom stereocenters. The van der Waals surface area contributed by atoms with Crippen molar-refractivity contribution >= 4 is 28.6 Å². The van der Waals surface area contributed by atoms with Gasteiger partial charge in [-0.2, -0.15) is 0 Å². The number of hydrogen-bond donors (Lipinski definition) is 1. The van der Waals surface area contributed by atoms with E-state index in [4.69, 9.17) is 17.3 Å². The smallest absolute Gasteiger partial charge is 0.150 e. The standard InChI is InChI=1S/C14H12ClN3S/c15-12-4-3-11(16)8-10(12)9-18-6-5-17-14(18)13-2-1-7-19-13/h1-8H,9,16H2. The fourth-order valence-corrected chi connectivity index (χ4v) is 2.88. The second kappa shape index (κ2) is 5.07. The van der Waals surface area contributed by atoms with Gasteiger partial charge in [0.1, 0.15) is 5.82 Å². The van der Waals surface area contributed by atoms with E-state index in [0.717, 1.165) is 27.0 Å². The zero-order valence-corrected chi connectivity index (χ0v) is 11.7. The number of halogens is 1. The van der Waals surface area contributed by atoms with Gasteiger partial charge in [0.25, 0.3) is 0 Å². The minimum absolute atomic E-state index is 0.664. The van der Waals surface area contributed by atoms with Crippen molar-refractivity contribution in [3.63, 3.8) is 0 Å². The van der Waals surface area contributed by atoms with Crippen LogP contribution in [-0.4, -0.2) is 9.55 Å². The van der Waals surface area contributed by atoms with Crippen LogP contribution in [0.15, 0.2) is 48.1 Å². The number of nitrogens with zero attached hydrogens (tertiary/aromatic N) is 2. The highest BCUT2D eigenvalue weighted by Gasteiger charge is 2.09. The van der Waals surface area contributed by atoms with Gasteiger partial charge in [-0.1, -0.05) is 17.7 Å². The van der Waals surface area contributed by atoms with Crippen LogP contribution in [0.2, 0.25) is 5.02 Å². The minimum atomic E-state index is 0.664. The maximum Gasteiger partial charge on any atom is 0.150 e. The molecule has 0 amide bonds. The molecule has 2 heterocycles. The van der Waals surface area contributed by atoms with E-state index in [9.17, 15) is 0 Å². The Labute approximate surface area is 120 Å². The third kappa shape index (κ3) is 2.50. The van der Waals surface area contributed by atoms with Gasteiger partial charge in [-0.25, -0.2) is 4.98 Å². The number of anilines is 1. The largest absolute Gasteiger partial charge is 0.399 e. The fourth-order valence-electron chi connectivity index (χ4n) is 1.97. The highest BCUT2D eigenvalue weighted by Crippen LogP contribution is 2.25. The minimum Gasteiger partial charge on any atom is -0.399 e. The molecule has 0 fully saturated rings. The lowest BCUT2D eigenvalue weighted by atomic mass is 10.2. The van der Waals surface area contributed by atoms with Crippen LogP contribution in [0.25, 0.3) is 10.7 Å². The van der Waals surface area contributed by atoms with Crippen LogP contribution in [0, 0.1) is 0 Å². The molecule has 19 heavy (non-hydrogen) atoms. The van der Waals surface area contributed by atoms with Gasteiger partial charge < -0.3 is 10.3 Å². The van der Waals surface area contributed by atoms with Crippen molar-refractivity contribution in [3.8, 4) is 10.7 Å². The first-order chi connectivity index (χ1) is 9.24. The molecule has 3 rings (SSSR count). The zero-order chi connectivity index (χ0) is 13.2. The molecule has 0 spiro atoms. The molecule has 5 heteroatoms. The second-order valence-electron chi connectivity index (χ2n) is 4.21. The van der Waals surface area contributed by atoms with E-state index < -0.39 is 0 Å². The van der Waals surface area contributed by atoms with Crippen LogP contribution in [0.3, 0.4) is 0 Å². The van der Waals surface area contributed by atoms with E-state index in [1.807, 2.05) is 29.8 Å². The molecule has 0 unspecified atom stereocenters. The van der Waals surface area contributed by atoms with Crippen LogP contribution >= 0.6 is 22.9 Å². The number of hydrogen-bond acceptors (Lipinski definition) is 3. The van der Waals surface area contributed by atoms with Gasteiger partial charge in [0.15, 0.2) is 0 Å². The van der Waals surface area contributed by atoms with Gasteiger partial charge in [-0.15, -0.1) is 11.3 Å². The molecule has 3 aromatic rings. The lowest BCUT2D eigenvalue weighted by molar-refractivity contribution is 0.809. The molecule has 0 aliphatic rings. The van der Waals surface area contributed by atoms with Crippen LogP contribution < -0.4 is 5.73 Å². The Kier molecular flexibility index (Phi) is 3.27. The third-order valence-corrected chi connectivity index (χ3v) is 4.10. The van der Waals surface area contributed by atoms with Gasteiger partial charge in [-0.3, -0.25) is 0 Å². The maximum atomic E-state index is 6.20. The summed E-state index contributed by atoms with van der Waals surface area (Å²) in [6.07, 6.45) is 3.75. The molecule has 0 saturated carbocycles. The number of imidazole rings is 1. The summed E-state index contributed by atoms with van der Waals surface area (Å²) < 4.78 is 2.08. The van der Waals surface area contributed by atoms with Crippen LogP contribution in [0.1, 0.15) is 5.56 Å². The van der Waals surface area contributed by atoms with Crippen molar-refractivity contribution in [2.75, 3.05) is 5.73 Å². The first-order valence-corrected chi connectivity index (χ1v) is 7.09. The Balaban J connectivity index is 1.96. The summed E-state index contributed by atoms with van der Waals surface area (Å²) in [6.45, 7) is 0.664. The number of thiophene rings is 1. The summed E-state index contributed by atoms with van der Waals surface area (Å²) in [7, 11) is 0. The summed E-state index contributed by atoms with van der Waals surface area (Å²) in [5.74, 6) is 0.952. The van der Waals surface area contributed by atoms with Gasteiger partial charge in [0.05, 0.1) is 11.4 Å². The Morgan fingerprint density at radius 3 is 3.00 bits per heavy atom.